The van der Waals surface area contributed by atoms with Gasteiger partial charge in [0.05, 0.1) is 5.92 Å². The summed E-state index contributed by atoms with van der Waals surface area (Å²) in [5.74, 6) is -3.21. The van der Waals surface area contributed by atoms with Gasteiger partial charge >= 0.3 is 11.9 Å². The minimum Gasteiger partial charge on any atom is -0.458 e. The van der Waals surface area contributed by atoms with Gasteiger partial charge in [0, 0.05) is 28.9 Å². The van der Waals surface area contributed by atoms with E-state index in [9.17, 15) is 19.5 Å². The first-order chi connectivity index (χ1) is 12.2. The molecule has 0 amide bonds. The summed E-state index contributed by atoms with van der Waals surface area (Å²) in [7, 11) is 0. The van der Waals surface area contributed by atoms with Gasteiger partial charge in [-0.15, -0.1) is 0 Å². The number of esters is 2. The van der Waals surface area contributed by atoms with Crippen molar-refractivity contribution in [2.24, 2.45) is 23.7 Å². The van der Waals surface area contributed by atoms with Crippen molar-refractivity contribution < 1.29 is 29.0 Å². The lowest BCUT2D eigenvalue weighted by molar-refractivity contribution is -0.158. The Morgan fingerprint density at radius 2 is 1.96 bits per heavy atom. The molecule has 1 saturated carbocycles. The van der Waals surface area contributed by atoms with Gasteiger partial charge in [-0.2, -0.15) is 0 Å². The van der Waals surface area contributed by atoms with Crippen molar-refractivity contribution in [3.63, 3.8) is 0 Å². The van der Waals surface area contributed by atoms with Crippen molar-refractivity contribution in [1.82, 2.24) is 0 Å². The second-order valence-electron chi connectivity index (χ2n) is 7.45. The minimum absolute atomic E-state index is 0.0924. The average Bonchev–Trinajstić information content (AvgIpc) is 3.02. The molecule has 2 fully saturated rings. The summed E-state index contributed by atoms with van der Waals surface area (Å²) < 4.78 is 11.1. The van der Waals surface area contributed by atoms with E-state index in [1.54, 1.807) is 32.9 Å². The van der Waals surface area contributed by atoms with Gasteiger partial charge in [-0.05, 0) is 26.8 Å². The van der Waals surface area contributed by atoms with E-state index in [1.807, 2.05) is 6.92 Å². The Morgan fingerprint density at radius 1 is 1.31 bits per heavy atom. The standard InChI is InChI=1S/C20H24O6/c1-6-8(2)19(23)25-17-10(4)14-12(21)7-9(3)13(14)18-15(16(17)22)11(5)20(24)26-18/h6-7,10,13-18,22H,5H2,1-4H3/b8-6+. The molecule has 1 aliphatic heterocycles. The molecule has 26 heavy (non-hydrogen) atoms. The molecular formula is C20H24O6. The third-order valence-corrected chi connectivity index (χ3v) is 6.01. The summed E-state index contributed by atoms with van der Waals surface area (Å²) in [5.41, 5.74) is 1.38. The van der Waals surface area contributed by atoms with Crippen molar-refractivity contribution in [3.05, 3.63) is 35.5 Å². The molecule has 6 heteroatoms. The Kier molecular flexibility index (Phi) is 4.65. The number of fused-ring (bicyclic) bond motifs is 3. The van der Waals surface area contributed by atoms with Gasteiger partial charge in [0.2, 0.25) is 0 Å². The quantitative estimate of drug-likeness (QED) is 0.596. The van der Waals surface area contributed by atoms with Gasteiger partial charge in [0.15, 0.2) is 5.78 Å². The van der Waals surface area contributed by atoms with Gasteiger partial charge < -0.3 is 14.6 Å². The summed E-state index contributed by atoms with van der Waals surface area (Å²) in [6.07, 6.45) is 0.399. The molecule has 0 spiro atoms. The van der Waals surface area contributed by atoms with Crippen LogP contribution in [-0.2, 0) is 23.9 Å². The fraction of sp³-hybridized carbons (Fsp3) is 0.550. The molecule has 2 aliphatic carbocycles. The zero-order chi connectivity index (χ0) is 19.3. The third-order valence-electron chi connectivity index (χ3n) is 6.01. The summed E-state index contributed by atoms with van der Waals surface area (Å²) >= 11 is 0. The molecule has 3 rings (SSSR count). The van der Waals surface area contributed by atoms with Crippen LogP contribution in [0, 0.1) is 23.7 Å². The zero-order valence-electron chi connectivity index (χ0n) is 15.4. The van der Waals surface area contributed by atoms with Crippen LogP contribution in [0.2, 0.25) is 0 Å². The van der Waals surface area contributed by atoms with Crippen molar-refractivity contribution in [2.75, 3.05) is 0 Å². The van der Waals surface area contributed by atoms with E-state index in [-0.39, 0.29) is 17.3 Å². The van der Waals surface area contributed by atoms with Crippen LogP contribution in [0.4, 0.5) is 0 Å². The number of ketones is 1. The first kappa shape index (κ1) is 18.6. The normalized spacial score (nSPS) is 39.7. The summed E-state index contributed by atoms with van der Waals surface area (Å²) in [4.78, 5) is 37.0. The highest BCUT2D eigenvalue weighted by Gasteiger charge is 2.59. The lowest BCUT2D eigenvalue weighted by Gasteiger charge is -2.31. The average molecular weight is 360 g/mol. The first-order valence-electron chi connectivity index (χ1n) is 8.82. The van der Waals surface area contributed by atoms with Gasteiger partial charge in [0.1, 0.15) is 18.3 Å². The van der Waals surface area contributed by atoms with Crippen LogP contribution in [0.1, 0.15) is 27.7 Å². The maximum atomic E-state index is 12.6. The van der Waals surface area contributed by atoms with Crippen LogP contribution in [0.5, 0.6) is 0 Å². The van der Waals surface area contributed by atoms with E-state index < -0.39 is 48.0 Å². The third kappa shape index (κ3) is 2.63. The number of aliphatic hydroxyl groups is 1. The van der Waals surface area contributed by atoms with Crippen molar-refractivity contribution in [3.8, 4) is 0 Å². The second kappa shape index (κ2) is 6.50. The molecule has 1 heterocycles. The van der Waals surface area contributed by atoms with E-state index in [4.69, 9.17) is 9.47 Å². The Bertz CT molecular complexity index is 745. The second-order valence-corrected chi connectivity index (χ2v) is 7.45. The van der Waals surface area contributed by atoms with E-state index in [0.717, 1.165) is 5.57 Å². The predicted molar refractivity (Wildman–Crippen MR) is 92.7 cm³/mol. The summed E-state index contributed by atoms with van der Waals surface area (Å²) in [5, 5.41) is 11.0. The van der Waals surface area contributed by atoms with E-state index in [0.29, 0.717) is 5.57 Å². The van der Waals surface area contributed by atoms with Gasteiger partial charge in [-0.3, -0.25) is 4.79 Å². The highest BCUT2D eigenvalue weighted by molar-refractivity contribution is 5.97. The minimum atomic E-state index is -1.17. The summed E-state index contributed by atoms with van der Waals surface area (Å²) in [6, 6.07) is 0. The molecule has 6 nitrogen and oxygen atoms in total. The SMILES string of the molecule is C=C1C(=O)OC2C1C(O)C(OC(=O)/C(C)=C/C)C(C)C1C(=O)C=C(C)C21. The fourth-order valence-corrected chi connectivity index (χ4v) is 4.46. The molecule has 140 valence electrons. The lowest BCUT2D eigenvalue weighted by atomic mass is 9.78. The molecule has 7 atom stereocenters. The van der Waals surface area contributed by atoms with Gasteiger partial charge in [0.25, 0.3) is 0 Å². The zero-order valence-corrected chi connectivity index (χ0v) is 15.4. The number of carbonyl (C=O) groups excluding carboxylic acids is 3. The highest BCUT2D eigenvalue weighted by Crippen LogP contribution is 2.50. The van der Waals surface area contributed by atoms with Crippen molar-refractivity contribution in [1.29, 1.82) is 0 Å². The number of aliphatic hydroxyl groups excluding tert-OH is 1. The molecule has 7 unspecified atom stereocenters. The molecule has 0 aromatic carbocycles. The van der Waals surface area contributed by atoms with Crippen LogP contribution >= 0.6 is 0 Å². The molecule has 0 bridgehead atoms. The topological polar surface area (TPSA) is 89.9 Å². The Labute approximate surface area is 152 Å². The lowest BCUT2D eigenvalue weighted by Crippen LogP contribution is -2.43. The first-order valence-corrected chi connectivity index (χ1v) is 8.82. The largest absolute Gasteiger partial charge is 0.458 e. The number of ether oxygens (including phenoxy) is 2. The van der Waals surface area contributed by atoms with E-state index in [1.165, 1.54) is 0 Å². The molecule has 0 aromatic rings. The molecular weight excluding hydrogens is 336 g/mol. The number of hydrogen-bond donors (Lipinski definition) is 1. The smallest absolute Gasteiger partial charge is 0.334 e. The fourth-order valence-electron chi connectivity index (χ4n) is 4.46. The molecule has 0 radical (unpaired) electrons. The Hall–Kier alpha value is -2.21. The van der Waals surface area contributed by atoms with Crippen LogP contribution < -0.4 is 0 Å². The molecule has 3 aliphatic rings. The Balaban J connectivity index is 2.04. The summed E-state index contributed by atoms with van der Waals surface area (Å²) in [6.45, 7) is 10.7. The van der Waals surface area contributed by atoms with Gasteiger partial charge in [-0.1, -0.05) is 25.2 Å². The van der Waals surface area contributed by atoms with Gasteiger partial charge in [-0.25, -0.2) is 9.59 Å². The van der Waals surface area contributed by atoms with E-state index in [2.05, 4.69) is 6.58 Å². The van der Waals surface area contributed by atoms with Crippen LogP contribution in [0.25, 0.3) is 0 Å². The maximum absolute atomic E-state index is 12.6. The van der Waals surface area contributed by atoms with Crippen molar-refractivity contribution >= 4 is 17.7 Å². The number of allylic oxidation sites excluding steroid dienone is 2. The van der Waals surface area contributed by atoms with Crippen molar-refractivity contribution in [2.45, 2.75) is 46.0 Å². The van der Waals surface area contributed by atoms with Crippen LogP contribution in [0.15, 0.2) is 35.5 Å². The van der Waals surface area contributed by atoms with Crippen LogP contribution in [-0.4, -0.2) is 41.1 Å². The predicted octanol–water partition coefficient (Wildman–Crippen LogP) is 1.73. The molecule has 1 N–H and O–H groups in total. The Morgan fingerprint density at radius 3 is 2.58 bits per heavy atom. The molecule has 1 saturated heterocycles. The number of hydrogen-bond acceptors (Lipinski definition) is 6. The maximum Gasteiger partial charge on any atom is 0.334 e. The highest BCUT2D eigenvalue weighted by atomic mass is 16.6. The molecule has 0 aromatic heterocycles. The number of carbonyl (C=O) groups is 3. The van der Waals surface area contributed by atoms with E-state index >= 15 is 0 Å². The monoisotopic (exact) mass is 360 g/mol. The number of rotatable bonds is 2. The van der Waals surface area contributed by atoms with Crippen LogP contribution in [0.3, 0.4) is 0 Å².